The van der Waals surface area contributed by atoms with E-state index in [1.807, 2.05) is 6.07 Å². The number of primary amides is 1. The van der Waals surface area contributed by atoms with Crippen LogP contribution in [0.5, 0.6) is 0 Å². The molecule has 1 fully saturated rings. The Morgan fingerprint density at radius 2 is 2.22 bits per heavy atom. The van der Waals surface area contributed by atoms with E-state index >= 15 is 0 Å². The van der Waals surface area contributed by atoms with Gasteiger partial charge >= 0.3 is 0 Å². The van der Waals surface area contributed by atoms with E-state index in [-0.39, 0.29) is 5.56 Å². The zero-order valence-electron chi connectivity index (χ0n) is 12.6. The van der Waals surface area contributed by atoms with Crippen molar-refractivity contribution in [2.24, 2.45) is 5.73 Å². The molecule has 0 aliphatic heterocycles. The molecule has 1 heterocycles. The smallest absolute Gasteiger partial charge is 0.254 e. The topological polar surface area (TPSA) is 116 Å². The summed E-state index contributed by atoms with van der Waals surface area (Å²) in [6, 6.07) is 7.53. The second kappa shape index (κ2) is 6.43. The Hall–Kier alpha value is -2.32. The van der Waals surface area contributed by atoms with Crippen molar-refractivity contribution in [2.45, 2.75) is 23.8 Å². The summed E-state index contributed by atoms with van der Waals surface area (Å²) in [5, 5.41) is 6.23. The Morgan fingerprint density at radius 3 is 2.87 bits per heavy atom. The van der Waals surface area contributed by atoms with Crippen LogP contribution in [0, 0.1) is 0 Å². The summed E-state index contributed by atoms with van der Waals surface area (Å²) in [6.07, 6.45) is 5.13. The van der Waals surface area contributed by atoms with Crippen LogP contribution in [0.15, 0.2) is 35.4 Å². The van der Waals surface area contributed by atoms with Crippen molar-refractivity contribution in [3.63, 3.8) is 0 Å². The van der Waals surface area contributed by atoms with E-state index in [9.17, 15) is 9.35 Å². The van der Waals surface area contributed by atoms with Crippen molar-refractivity contribution >= 4 is 34.5 Å². The number of benzene rings is 1. The maximum Gasteiger partial charge on any atom is 0.254 e. The number of nitrogens with one attached hydrogen (secondary N) is 2. The monoisotopic (exact) mass is 331 g/mol. The summed E-state index contributed by atoms with van der Waals surface area (Å²) in [5.74, 6) is 0.216. The van der Waals surface area contributed by atoms with Gasteiger partial charge in [-0.05, 0) is 36.2 Å². The third-order valence-electron chi connectivity index (χ3n) is 3.39. The van der Waals surface area contributed by atoms with Gasteiger partial charge in [-0.25, -0.2) is 4.98 Å². The zero-order valence-corrected chi connectivity index (χ0v) is 13.4. The van der Waals surface area contributed by atoms with Gasteiger partial charge in [-0.15, -0.1) is 0 Å². The van der Waals surface area contributed by atoms with E-state index in [2.05, 4.69) is 20.6 Å². The molecule has 1 aliphatic carbocycles. The first kappa shape index (κ1) is 15.6. The number of carbonyl (C=O) groups is 1. The molecular formula is C15H17N5O2S. The van der Waals surface area contributed by atoms with Crippen LogP contribution in [-0.4, -0.2) is 32.7 Å². The quantitative estimate of drug-likeness (QED) is 0.693. The van der Waals surface area contributed by atoms with Crippen LogP contribution in [0.25, 0.3) is 0 Å². The minimum Gasteiger partial charge on any atom is -0.612 e. The maximum absolute atomic E-state index is 11.5. The lowest BCUT2D eigenvalue weighted by Gasteiger charge is -2.11. The van der Waals surface area contributed by atoms with Gasteiger partial charge in [-0.2, -0.15) is 4.98 Å². The zero-order chi connectivity index (χ0) is 16.4. The molecule has 0 saturated heterocycles. The molecule has 8 heteroatoms. The molecule has 1 aromatic carbocycles. The average Bonchev–Trinajstić information content (AvgIpc) is 3.31. The number of hydrogen-bond acceptors (Lipinski definition) is 6. The van der Waals surface area contributed by atoms with Gasteiger partial charge in [-0.1, -0.05) is 6.07 Å². The highest BCUT2D eigenvalue weighted by Crippen LogP contribution is 2.26. The molecule has 1 aliphatic rings. The van der Waals surface area contributed by atoms with Crippen molar-refractivity contribution in [1.29, 1.82) is 0 Å². The van der Waals surface area contributed by atoms with E-state index in [1.165, 1.54) is 6.20 Å². The summed E-state index contributed by atoms with van der Waals surface area (Å²) >= 11 is -1.07. The highest BCUT2D eigenvalue weighted by molar-refractivity contribution is 7.90. The van der Waals surface area contributed by atoms with Crippen LogP contribution in [0.4, 0.5) is 17.5 Å². The second-order valence-electron chi connectivity index (χ2n) is 5.35. The van der Waals surface area contributed by atoms with E-state index in [4.69, 9.17) is 5.73 Å². The fraction of sp³-hybridized carbons (Fsp3) is 0.267. The van der Waals surface area contributed by atoms with Gasteiger partial charge in [0.15, 0.2) is 4.90 Å². The number of hydrogen-bond donors (Lipinski definition) is 3. The molecule has 1 aromatic heterocycles. The van der Waals surface area contributed by atoms with Crippen LogP contribution in [0.1, 0.15) is 23.2 Å². The van der Waals surface area contributed by atoms with Crippen LogP contribution in [0.2, 0.25) is 0 Å². The van der Waals surface area contributed by atoms with Crippen LogP contribution < -0.4 is 16.4 Å². The van der Waals surface area contributed by atoms with Gasteiger partial charge in [0.05, 0.1) is 5.56 Å². The molecule has 1 saturated carbocycles. The Kier molecular flexibility index (Phi) is 4.35. The molecular weight excluding hydrogens is 314 g/mol. The Labute approximate surface area is 136 Å². The second-order valence-corrected chi connectivity index (χ2v) is 6.73. The molecule has 7 nitrogen and oxygen atoms in total. The Morgan fingerprint density at radius 1 is 1.43 bits per heavy atom. The van der Waals surface area contributed by atoms with Crippen molar-refractivity contribution in [3.8, 4) is 0 Å². The first-order chi connectivity index (χ1) is 11.0. The molecule has 0 bridgehead atoms. The van der Waals surface area contributed by atoms with Crippen molar-refractivity contribution in [1.82, 2.24) is 9.97 Å². The molecule has 0 radical (unpaired) electrons. The highest BCUT2D eigenvalue weighted by Gasteiger charge is 2.24. The van der Waals surface area contributed by atoms with Crippen LogP contribution in [-0.2, 0) is 11.2 Å². The highest BCUT2D eigenvalue weighted by atomic mass is 32.2. The number of anilines is 3. The minimum atomic E-state index is -1.07. The third-order valence-corrected chi connectivity index (χ3v) is 4.31. The number of carbonyl (C=O) groups excluding carboxylic acids is 1. The van der Waals surface area contributed by atoms with Gasteiger partial charge in [-0.3, -0.25) is 4.79 Å². The Balaban J connectivity index is 1.85. The molecule has 2 aromatic rings. The molecule has 0 spiro atoms. The molecule has 1 unspecified atom stereocenters. The van der Waals surface area contributed by atoms with Crippen molar-refractivity contribution in [2.75, 3.05) is 16.9 Å². The molecule has 4 N–H and O–H groups in total. The Bertz CT molecular complexity index is 734. The molecule has 120 valence electrons. The number of amides is 1. The third kappa shape index (κ3) is 3.91. The fourth-order valence-corrected chi connectivity index (χ4v) is 2.60. The van der Waals surface area contributed by atoms with E-state index < -0.39 is 17.1 Å². The van der Waals surface area contributed by atoms with Gasteiger partial charge in [0.1, 0.15) is 12.1 Å². The van der Waals surface area contributed by atoms with Gasteiger partial charge < -0.3 is 20.9 Å². The van der Waals surface area contributed by atoms with E-state index in [0.717, 1.165) is 18.5 Å². The standard InChI is InChI=1S/C15H17N5O2S/c1-23(22)11-4-2-3-10(7-11)19-15-17-8-12(13(16)21)14(20-15)18-9-5-6-9/h2-4,7-9H,5-6H2,1H3,(H2,16,21)(H2,17,18,19,20). The van der Waals surface area contributed by atoms with Gasteiger partial charge in [0.2, 0.25) is 5.95 Å². The summed E-state index contributed by atoms with van der Waals surface area (Å²) in [7, 11) is 0. The predicted octanol–water partition coefficient (Wildman–Crippen LogP) is 1.63. The lowest BCUT2D eigenvalue weighted by atomic mass is 10.3. The van der Waals surface area contributed by atoms with Crippen molar-refractivity contribution in [3.05, 3.63) is 36.0 Å². The van der Waals surface area contributed by atoms with E-state index in [1.54, 1.807) is 24.5 Å². The predicted molar refractivity (Wildman–Crippen MR) is 89.3 cm³/mol. The largest absolute Gasteiger partial charge is 0.612 e. The first-order valence-corrected chi connectivity index (χ1v) is 8.72. The molecule has 1 atom stereocenters. The molecule has 3 rings (SSSR count). The summed E-state index contributed by atoms with van der Waals surface area (Å²) in [6.45, 7) is 0. The fourth-order valence-electron chi connectivity index (χ4n) is 2.04. The van der Waals surface area contributed by atoms with E-state index in [0.29, 0.717) is 22.7 Å². The summed E-state index contributed by atoms with van der Waals surface area (Å²) < 4.78 is 11.5. The first-order valence-electron chi connectivity index (χ1n) is 7.17. The summed E-state index contributed by atoms with van der Waals surface area (Å²) in [5.41, 5.74) is 6.35. The lowest BCUT2D eigenvalue weighted by Crippen LogP contribution is -2.17. The molecule has 1 amide bonds. The number of rotatable bonds is 6. The maximum atomic E-state index is 11.5. The van der Waals surface area contributed by atoms with Crippen LogP contribution >= 0.6 is 0 Å². The number of nitrogens with zero attached hydrogens (tertiary/aromatic N) is 2. The number of aromatic nitrogens is 2. The lowest BCUT2D eigenvalue weighted by molar-refractivity contribution is 0.100. The van der Waals surface area contributed by atoms with Gasteiger partial charge in [0.25, 0.3) is 5.91 Å². The normalized spacial score (nSPS) is 15.0. The van der Waals surface area contributed by atoms with Crippen LogP contribution in [0.3, 0.4) is 0 Å². The summed E-state index contributed by atoms with van der Waals surface area (Å²) in [4.78, 5) is 20.6. The molecule has 23 heavy (non-hydrogen) atoms. The van der Waals surface area contributed by atoms with Gasteiger partial charge in [0, 0.05) is 24.0 Å². The number of nitrogens with two attached hydrogens (primary N) is 1. The SMILES string of the molecule is C[S+]([O-])c1cccc(Nc2ncc(C(N)=O)c(NC3CC3)n2)c1. The van der Waals surface area contributed by atoms with Crippen molar-refractivity contribution < 1.29 is 9.35 Å². The average molecular weight is 331 g/mol. The minimum absolute atomic E-state index is 0.269.